The molecule has 4 atom stereocenters. The maximum atomic E-state index is 11.9. The first-order valence-corrected chi connectivity index (χ1v) is 23.8. The third-order valence-corrected chi connectivity index (χ3v) is 12.0. The first kappa shape index (κ1) is 53.0. The molecule has 10 heteroatoms. The Bertz CT molecular complexity index is 1100. The van der Waals surface area contributed by atoms with Gasteiger partial charge in [0.2, 0.25) is 5.91 Å². The molecular weight excluding hydrogens is 731 g/mol. The molecule has 0 aliphatic heterocycles. The van der Waals surface area contributed by atoms with Gasteiger partial charge in [-0.2, -0.15) is 0 Å². The number of hydrogen-bond acceptors (Lipinski definition) is 7. The number of carbonyl (C=O) groups excluding carboxylic acids is 4. The average molecular weight is 818 g/mol. The van der Waals surface area contributed by atoms with E-state index in [0.29, 0.717) is 18.7 Å². The monoisotopic (exact) mass is 818 g/mol. The number of alkyl carbamates (subject to hydrolysis) is 2. The highest BCUT2D eigenvalue weighted by Gasteiger charge is 2.37. The van der Waals surface area contributed by atoms with Gasteiger partial charge >= 0.3 is 18.2 Å². The predicted molar refractivity (Wildman–Crippen MR) is 238 cm³/mol. The third kappa shape index (κ3) is 28.4. The van der Waals surface area contributed by atoms with Crippen LogP contribution in [0, 0.1) is 23.7 Å². The normalized spacial score (nSPS) is 17.6. The average Bonchev–Trinajstić information content (AvgIpc) is 3.21. The molecule has 1 saturated carbocycles. The molecule has 1 aliphatic carbocycles. The van der Waals surface area contributed by atoms with Crippen molar-refractivity contribution in [1.82, 2.24) is 16.0 Å². The number of nitrogens with one attached hydrogen (secondary N) is 3. The fourth-order valence-corrected chi connectivity index (χ4v) is 8.70. The van der Waals surface area contributed by atoms with Crippen molar-refractivity contribution in [3.63, 3.8) is 0 Å². The number of hydrogen-bond donors (Lipinski definition) is 3. The predicted octanol–water partition coefficient (Wildman–Crippen LogP) is 11.9. The Morgan fingerprint density at radius 3 is 1.38 bits per heavy atom. The fourth-order valence-electron chi connectivity index (χ4n) is 8.70. The second kappa shape index (κ2) is 37.0. The summed E-state index contributed by atoms with van der Waals surface area (Å²) >= 11 is 0. The maximum absolute atomic E-state index is 11.9. The first-order valence-electron chi connectivity index (χ1n) is 23.8. The molecule has 0 aromatic carbocycles. The van der Waals surface area contributed by atoms with E-state index in [1.165, 1.54) is 154 Å². The van der Waals surface area contributed by atoms with E-state index in [1.807, 2.05) is 0 Å². The second-order valence-corrected chi connectivity index (χ2v) is 16.8. The van der Waals surface area contributed by atoms with Gasteiger partial charge < -0.3 is 30.2 Å². The molecule has 0 aromatic rings. The summed E-state index contributed by atoms with van der Waals surface area (Å²) in [6.07, 6.45) is 35.4. The number of esters is 1. The zero-order chi connectivity index (χ0) is 42.5. The molecule has 58 heavy (non-hydrogen) atoms. The Morgan fingerprint density at radius 1 is 0.517 bits per heavy atom. The van der Waals surface area contributed by atoms with Crippen LogP contribution in [0.15, 0.2) is 24.8 Å². The molecule has 3 N–H and O–H groups in total. The summed E-state index contributed by atoms with van der Waals surface area (Å²) in [4.78, 5) is 46.4. The van der Waals surface area contributed by atoms with Crippen molar-refractivity contribution in [3.8, 4) is 0 Å². The Balaban J connectivity index is 2.55. The standard InChI is InChI=1S/C48H87N3O7/c1-6-9-11-13-18-24-30-43-41(28-22-12-10-7-2)32-33-42(29-23-17-14-15-20-26-35-51-48(55)58-39-38-56-46(53)40(4)5)44(43)31-25-19-16-21-27-34-50-47(54)57-37-36-49-45(52)8-3/h8,41-44H,3-4,6-7,9-39H2,1-2,5H3,(H,49,52)(H,50,54)(H,51,55). The van der Waals surface area contributed by atoms with Crippen molar-refractivity contribution in [2.45, 2.75) is 194 Å². The Kier molecular flexibility index (Phi) is 33.8. The summed E-state index contributed by atoms with van der Waals surface area (Å²) in [5, 5.41) is 8.23. The number of unbranched alkanes of at least 4 members (excludes halogenated alkanes) is 17. The minimum Gasteiger partial charge on any atom is -0.459 e. The lowest BCUT2D eigenvalue weighted by molar-refractivity contribution is -0.139. The van der Waals surface area contributed by atoms with E-state index >= 15 is 0 Å². The largest absolute Gasteiger partial charge is 0.459 e. The van der Waals surface area contributed by atoms with Gasteiger partial charge in [-0.1, -0.05) is 162 Å². The van der Waals surface area contributed by atoms with E-state index in [9.17, 15) is 19.2 Å². The molecule has 0 aromatic heterocycles. The summed E-state index contributed by atoms with van der Waals surface area (Å²) in [7, 11) is 0. The quantitative estimate of drug-likeness (QED) is 0.0246. The van der Waals surface area contributed by atoms with Crippen LogP contribution < -0.4 is 16.0 Å². The highest BCUT2D eigenvalue weighted by molar-refractivity contribution is 5.87. The molecule has 3 amide bonds. The Morgan fingerprint density at radius 2 is 0.914 bits per heavy atom. The highest BCUT2D eigenvalue weighted by atomic mass is 16.6. The van der Waals surface area contributed by atoms with Crippen molar-refractivity contribution in [2.75, 3.05) is 39.5 Å². The lowest BCUT2D eigenvalue weighted by Crippen LogP contribution is -2.35. The van der Waals surface area contributed by atoms with Crippen LogP contribution in [0.3, 0.4) is 0 Å². The molecule has 4 unspecified atom stereocenters. The lowest BCUT2D eigenvalue weighted by Gasteiger charge is -2.44. The van der Waals surface area contributed by atoms with Crippen LogP contribution >= 0.6 is 0 Å². The van der Waals surface area contributed by atoms with Crippen LogP contribution in [0.5, 0.6) is 0 Å². The number of ether oxygens (including phenoxy) is 3. The minimum absolute atomic E-state index is 0.0318. The molecule has 336 valence electrons. The molecular formula is C48H87N3O7. The van der Waals surface area contributed by atoms with Crippen LogP contribution in [0.1, 0.15) is 194 Å². The van der Waals surface area contributed by atoms with Crippen molar-refractivity contribution >= 4 is 24.1 Å². The van der Waals surface area contributed by atoms with E-state index < -0.39 is 18.2 Å². The Hall–Kier alpha value is -3.04. The molecule has 0 bridgehead atoms. The van der Waals surface area contributed by atoms with Gasteiger partial charge in [-0.15, -0.1) is 0 Å². The van der Waals surface area contributed by atoms with Gasteiger partial charge in [-0.05, 0) is 75.2 Å². The first-order chi connectivity index (χ1) is 28.2. The van der Waals surface area contributed by atoms with E-state index in [4.69, 9.17) is 14.2 Å². The van der Waals surface area contributed by atoms with Gasteiger partial charge in [0.1, 0.15) is 19.8 Å². The summed E-state index contributed by atoms with van der Waals surface area (Å²) in [5.41, 5.74) is 0.326. The topological polar surface area (TPSA) is 132 Å². The van der Waals surface area contributed by atoms with Gasteiger partial charge in [0.05, 0.1) is 6.54 Å². The molecule has 1 rings (SSSR count). The Labute approximate surface area is 354 Å². The van der Waals surface area contributed by atoms with Gasteiger partial charge in [0.25, 0.3) is 0 Å². The van der Waals surface area contributed by atoms with Gasteiger partial charge in [-0.25, -0.2) is 14.4 Å². The summed E-state index contributed by atoms with van der Waals surface area (Å²) in [5.74, 6) is 2.76. The summed E-state index contributed by atoms with van der Waals surface area (Å²) in [6, 6.07) is 0. The van der Waals surface area contributed by atoms with Crippen molar-refractivity contribution in [3.05, 3.63) is 24.8 Å². The molecule has 1 aliphatic rings. The van der Waals surface area contributed by atoms with E-state index in [1.54, 1.807) is 6.92 Å². The summed E-state index contributed by atoms with van der Waals surface area (Å²) < 4.78 is 15.2. The highest BCUT2D eigenvalue weighted by Crippen LogP contribution is 2.47. The van der Waals surface area contributed by atoms with Crippen LogP contribution in [0.4, 0.5) is 9.59 Å². The van der Waals surface area contributed by atoms with E-state index in [2.05, 4.69) is 43.0 Å². The maximum Gasteiger partial charge on any atom is 0.407 e. The van der Waals surface area contributed by atoms with Crippen molar-refractivity contribution in [2.24, 2.45) is 23.7 Å². The summed E-state index contributed by atoms with van der Waals surface area (Å²) in [6.45, 7) is 14.9. The minimum atomic E-state index is -0.476. The zero-order valence-electron chi connectivity index (χ0n) is 37.5. The van der Waals surface area contributed by atoms with Crippen LogP contribution in [0.2, 0.25) is 0 Å². The van der Waals surface area contributed by atoms with Gasteiger partial charge in [-0.3, -0.25) is 4.79 Å². The van der Waals surface area contributed by atoms with Crippen LogP contribution in [-0.2, 0) is 23.8 Å². The van der Waals surface area contributed by atoms with Crippen molar-refractivity contribution < 1.29 is 33.4 Å². The molecule has 0 radical (unpaired) electrons. The van der Waals surface area contributed by atoms with Crippen LogP contribution in [0.25, 0.3) is 0 Å². The lowest BCUT2D eigenvalue weighted by atomic mass is 9.61. The third-order valence-electron chi connectivity index (χ3n) is 12.0. The van der Waals surface area contributed by atoms with Crippen molar-refractivity contribution in [1.29, 1.82) is 0 Å². The second-order valence-electron chi connectivity index (χ2n) is 16.8. The smallest absolute Gasteiger partial charge is 0.407 e. The van der Waals surface area contributed by atoms with E-state index in [0.717, 1.165) is 49.4 Å². The molecule has 0 saturated heterocycles. The zero-order valence-corrected chi connectivity index (χ0v) is 37.5. The van der Waals surface area contributed by atoms with Gasteiger partial charge in [0, 0.05) is 18.7 Å². The molecule has 0 spiro atoms. The molecule has 10 nitrogen and oxygen atoms in total. The number of rotatable bonds is 37. The van der Waals surface area contributed by atoms with Crippen LogP contribution in [-0.4, -0.2) is 63.5 Å². The SMILES string of the molecule is C=CC(=O)NCCOC(=O)NCCCCCCCC1C(CCCCCCCCNC(=O)OCCOC(=O)C(=C)C)CCC(CCCCCC)C1CCCCCCCC. The van der Waals surface area contributed by atoms with Gasteiger partial charge in [0.15, 0.2) is 0 Å². The molecule has 1 fully saturated rings. The molecule has 0 heterocycles. The number of amides is 3. The van der Waals surface area contributed by atoms with E-state index in [-0.39, 0.29) is 32.3 Å². The number of carbonyl (C=O) groups is 4. The fraction of sp³-hybridized carbons (Fsp3) is 0.833.